The van der Waals surface area contributed by atoms with Gasteiger partial charge in [-0.1, -0.05) is 51.9 Å². The molecule has 5 atom stereocenters. The summed E-state index contributed by atoms with van der Waals surface area (Å²) in [4.78, 5) is 0. The zero-order valence-corrected chi connectivity index (χ0v) is 13.7. The number of aliphatic hydroxyl groups is 4. The van der Waals surface area contributed by atoms with Gasteiger partial charge in [0.2, 0.25) is 0 Å². The van der Waals surface area contributed by atoms with Crippen molar-refractivity contribution in [2.24, 2.45) is 0 Å². The average Bonchev–Trinajstić information content (AvgIpc) is 2.53. The van der Waals surface area contributed by atoms with Crippen LogP contribution in [-0.2, 0) is 4.74 Å². The van der Waals surface area contributed by atoms with Crippen molar-refractivity contribution in [3.63, 3.8) is 0 Å². The van der Waals surface area contributed by atoms with E-state index in [1.165, 1.54) is 38.5 Å². The van der Waals surface area contributed by atoms with Gasteiger partial charge in [0.05, 0.1) is 6.61 Å². The smallest absolute Gasteiger partial charge is 0.137 e. The molecule has 1 rings (SSSR count). The quantitative estimate of drug-likeness (QED) is 0.356. The lowest BCUT2D eigenvalue weighted by molar-refractivity contribution is -0.236. The fourth-order valence-electron chi connectivity index (χ4n) is 2.77. The Kier molecular flexibility index (Phi) is 10.2. The maximum Gasteiger partial charge on any atom is 0.137 e. The van der Waals surface area contributed by atoms with E-state index in [-0.39, 0.29) is 6.61 Å². The van der Waals surface area contributed by atoms with Gasteiger partial charge in [-0.2, -0.15) is 0 Å². The van der Waals surface area contributed by atoms with Gasteiger partial charge >= 0.3 is 0 Å². The summed E-state index contributed by atoms with van der Waals surface area (Å²) in [5.74, 6) is 0. The molecular weight excluding hydrogens is 286 g/mol. The van der Waals surface area contributed by atoms with Crippen LogP contribution in [0.15, 0.2) is 0 Å². The number of aliphatic hydroxyl groups excluding tert-OH is 4. The highest BCUT2D eigenvalue weighted by atomic mass is 16.6. The summed E-state index contributed by atoms with van der Waals surface area (Å²) >= 11 is 0. The van der Waals surface area contributed by atoms with Crippen LogP contribution in [0.25, 0.3) is 0 Å². The van der Waals surface area contributed by atoms with Crippen LogP contribution >= 0.6 is 0 Å². The van der Waals surface area contributed by atoms with E-state index in [1.54, 1.807) is 0 Å². The lowest BCUT2D eigenvalue weighted by Gasteiger charge is -2.40. The fraction of sp³-hybridized carbons (Fsp3) is 1.00. The Labute approximate surface area is 133 Å². The van der Waals surface area contributed by atoms with E-state index in [1.807, 2.05) is 0 Å². The van der Waals surface area contributed by atoms with E-state index < -0.39 is 30.6 Å². The monoisotopic (exact) mass is 319 g/mol. The summed E-state index contributed by atoms with van der Waals surface area (Å²) in [6.45, 7) is 2.50. The van der Waals surface area contributed by atoms with E-state index >= 15 is 0 Å². The zero-order valence-electron chi connectivity index (χ0n) is 13.7. The summed E-state index contributed by atoms with van der Waals surface area (Å²) in [7, 11) is 0. The highest BCUT2D eigenvalue weighted by Crippen LogP contribution is 2.19. The molecule has 1 aliphatic heterocycles. The van der Waals surface area contributed by atoms with Crippen LogP contribution in [0.5, 0.6) is 0 Å². The van der Waals surface area contributed by atoms with Crippen LogP contribution in [0.2, 0.25) is 0 Å². The van der Waals surface area contributed by atoms with Crippen molar-refractivity contribution in [1.82, 2.24) is 5.32 Å². The molecule has 22 heavy (non-hydrogen) atoms. The minimum Gasteiger partial charge on any atom is -0.394 e. The van der Waals surface area contributed by atoms with Gasteiger partial charge < -0.3 is 25.2 Å². The van der Waals surface area contributed by atoms with Crippen molar-refractivity contribution in [2.75, 3.05) is 13.2 Å². The van der Waals surface area contributed by atoms with Crippen molar-refractivity contribution >= 4 is 0 Å². The van der Waals surface area contributed by atoms with Crippen LogP contribution in [0.3, 0.4) is 0 Å². The number of unbranched alkanes of at least 4 members (excludes halogenated alkanes) is 7. The van der Waals surface area contributed by atoms with Crippen molar-refractivity contribution in [3.8, 4) is 0 Å². The highest BCUT2D eigenvalue weighted by Gasteiger charge is 2.42. The minimum atomic E-state index is -1.30. The van der Waals surface area contributed by atoms with Gasteiger partial charge in [0.25, 0.3) is 0 Å². The zero-order chi connectivity index (χ0) is 16.4. The molecule has 0 aromatic carbocycles. The SMILES string of the molecule is CCCCCCCCCCN[C@H]1O[C@H](CO)[C@@H](O)[C@H](O)[C@H]1O. The summed E-state index contributed by atoms with van der Waals surface area (Å²) in [5.41, 5.74) is 0. The molecular formula is C16H33NO5. The topological polar surface area (TPSA) is 102 Å². The van der Waals surface area contributed by atoms with E-state index in [0.717, 1.165) is 12.8 Å². The largest absolute Gasteiger partial charge is 0.394 e. The molecule has 0 amide bonds. The molecule has 0 bridgehead atoms. The second-order valence-electron chi connectivity index (χ2n) is 6.18. The third-order valence-corrected chi connectivity index (χ3v) is 4.27. The number of hydrogen-bond acceptors (Lipinski definition) is 6. The number of nitrogens with one attached hydrogen (secondary N) is 1. The van der Waals surface area contributed by atoms with Gasteiger partial charge in [-0.15, -0.1) is 0 Å². The Bertz CT molecular complexity index is 277. The van der Waals surface area contributed by atoms with E-state index in [2.05, 4.69) is 12.2 Å². The third-order valence-electron chi connectivity index (χ3n) is 4.27. The van der Waals surface area contributed by atoms with Crippen molar-refractivity contribution in [3.05, 3.63) is 0 Å². The van der Waals surface area contributed by atoms with Crippen LogP contribution in [0.1, 0.15) is 58.3 Å². The maximum absolute atomic E-state index is 9.87. The predicted octanol–water partition coefficient (Wildman–Crippen LogP) is 0.517. The normalized spacial score (nSPS) is 32.3. The molecule has 0 unspecified atom stereocenters. The second kappa shape index (κ2) is 11.3. The van der Waals surface area contributed by atoms with Gasteiger partial charge in [0.1, 0.15) is 30.6 Å². The Morgan fingerprint density at radius 1 is 0.818 bits per heavy atom. The van der Waals surface area contributed by atoms with Gasteiger partial charge in [-0.3, -0.25) is 5.32 Å². The first-order valence-corrected chi connectivity index (χ1v) is 8.65. The van der Waals surface area contributed by atoms with Crippen LogP contribution in [-0.4, -0.2) is 64.2 Å². The molecule has 0 saturated carbocycles. The Morgan fingerprint density at radius 2 is 1.41 bits per heavy atom. The highest BCUT2D eigenvalue weighted by molar-refractivity contribution is 4.90. The molecule has 0 radical (unpaired) electrons. The molecule has 0 spiro atoms. The Balaban J connectivity index is 2.11. The average molecular weight is 319 g/mol. The molecule has 132 valence electrons. The molecule has 1 fully saturated rings. The Hall–Kier alpha value is -0.240. The second-order valence-corrected chi connectivity index (χ2v) is 6.18. The number of rotatable bonds is 11. The molecule has 5 N–H and O–H groups in total. The maximum atomic E-state index is 9.87. The molecule has 0 aromatic rings. The summed E-state index contributed by atoms with van der Waals surface area (Å²) in [5, 5.41) is 41.4. The molecule has 1 heterocycles. The summed E-state index contributed by atoms with van der Waals surface area (Å²) in [6.07, 6.45) is 4.40. The first-order chi connectivity index (χ1) is 10.6. The molecule has 0 aliphatic carbocycles. The first kappa shape index (κ1) is 19.8. The van der Waals surface area contributed by atoms with Crippen LogP contribution in [0.4, 0.5) is 0 Å². The van der Waals surface area contributed by atoms with Crippen molar-refractivity contribution in [2.45, 2.75) is 88.9 Å². The molecule has 6 heteroatoms. The summed E-state index contributed by atoms with van der Waals surface area (Å²) in [6, 6.07) is 0. The third kappa shape index (κ3) is 6.48. The number of hydrogen-bond donors (Lipinski definition) is 5. The predicted molar refractivity (Wildman–Crippen MR) is 84.4 cm³/mol. The van der Waals surface area contributed by atoms with Crippen molar-refractivity contribution < 1.29 is 25.2 Å². The molecule has 1 aliphatic rings. The molecule has 6 nitrogen and oxygen atoms in total. The van der Waals surface area contributed by atoms with Gasteiger partial charge in [-0.05, 0) is 13.0 Å². The summed E-state index contributed by atoms with van der Waals surface area (Å²) < 4.78 is 5.38. The number of ether oxygens (including phenoxy) is 1. The fourth-order valence-corrected chi connectivity index (χ4v) is 2.77. The van der Waals surface area contributed by atoms with E-state index in [9.17, 15) is 15.3 Å². The van der Waals surface area contributed by atoms with Gasteiger partial charge in [-0.25, -0.2) is 0 Å². The lowest BCUT2D eigenvalue weighted by atomic mass is 9.98. The van der Waals surface area contributed by atoms with E-state index in [4.69, 9.17) is 9.84 Å². The van der Waals surface area contributed by atoms with Crippen LogP contribution in [0, 0.1) is 0 Å². The van der Waals surface area contributed by atoms with Gasteiger partial charge in [0.15, 0.2) is 0 Å². The van der Waals surface area contributed by atoms with Gasteiger partial charge in [0, 0.05) is 0 Å². The molecule has 1 saturated heterocycles. The van der Waals surface area contributed by atoms with Crippen LogP contribution < -0.4 is 5.32 Å². The standard InChI is InChI=1S/C16H33NO5/c1-2-3-4-5-6-7-8-9-10-17-16-15(21)14(20)13(19)12(11-18)22-16/h12-21H,2-11H2,1H3/t12-,13-,14+,15-,16+/m1/s1. The lowest BCUT2D eigenvalue weighted by Crippen LogP contribution is -2.62. The first-order valence-electron chi connectivity index (χ1n) is 8.65. The molecule has 0 aromatic heterocycles. The van der Waals surface area contributed by atoms with Crippen molar-refractivity contribution in [1.29, 1.82) is 0 Å². The Morgan fingerprint density at radius 3 is 2.00 bits per heavy atom. The van der Waals surface area contributed by atoms with E-state index in [0.29, 0.717) is 6.54 Å². The minimum absolute atomic E-state index is 0.388.